The molecule has 12 heteroatoms. The lowest BCUT2D eigenvalue weighted by atomic mass is 10.2. The number of nitrogens with zero attached hydrogens (tertiary/aromatic N) is 2. The van der Waals surface area contributed by atoms with E-state index in [4.69, 9.17) is 4.74 Å². The van der Waals surface area contributed by atoms with Crippen molar-refractivity contribution < 1.29 is 31.5 Å². The van der Waals surface area contributed by atoms with Crippen LogP contribution in [0.3, 0.4) is 0 Å². The number of nitrogens with one attached hydrogen (secondary N) is 2. The second-order valence-electron chi connectivity index (χ2n) is 4.89. The molecule has 1 aliphatic rings. The molecule has 1 aromatic carbocycles. The maximum Gasteiger partial charge on any atom is 0.333 e. The average Bonchev–Trinajstić information content (AvgIpc) is 3.04. The van der Waals surface area contributed by atoms with Crippen molar-refractivity contribution in [3.8, 4) is 5.75 Å². The Hall–Kier alpha value is -3.02. The van der Waals surface area contributed by atoms with Crippen molar-refractivity contribution in [2.24, 2.45) is 0 Å². The number of benzene rings is 1. The Bertz CT molecular complexity index is 957. The lowest BCUT2D eigenvalue weighted by Crippen LogP contribution is -2.31. The van der Waals surface area contributed by atoms with Crippen LogP contribution >= 0.6 is 0 Å². The Balaban J connectivity index is 1.83. The number of aromatic nitrogens is 2. The van der Waals surface area contributed by atoms with Crippen LogP contribution in [0, 0.1) is 0 Å². The Morgan fingerprint density at radius 2 is 2.12 bits per heavy atom. The van der Waals surface area contributed by atoms with Gasteiger partial charge in [0.25, 0.3) is 21.8 Å². The molecular weight excluding hydrogens is 362 g/mol. The van der Waals surface area contributed by atoms with Gasteiger partial charge in [0.05, 0.1) is 10.6 Å². The van der Waals surface area contributed by atoms with E-state index < -0.39 is 34.1 Å². The number of hydrogen-bond donors (Lipinski definition) is 2. The molecule has 0 unspecified atom stereocenters. The first-order chi connectivity index (χ1) is 11.8. The number of alkyl halides is 2. The zero-order valence-electron chi connectivity index (χ0n) is 12.3. The van der Waals surface area contributed by atoms with Crippen LogP contribution in [-0.4, -0.2) is 36.6 Å². The number of sulfonamides is 1. The Labute approximate surface area is 139 Å². The van der Waals surface area contributed by atoms with Crippen molar-refractivity contribution in [1.29, 1.82) is 0 Å². The molecule has 9 nitrogen and oxygen atoms in total. The number of amides is 2. The zero-order chi connectivity index (χ0) is 18.2. The van der Waals surface area contributed by atoms with Crippen LogP contribution < -0.4 is 14.8 Å². The van der Waals surface area contributed by atoms with Crippen molar-refractivity contribution >= 4 is 27.5 Å². The Morgan fingerprint density at radius 1 is 1.36 bits per heavy atom. The normalized spacial score (nSPS) is 13.8. The molecule has 2 heterocycles. The maximum absolute atomic E-state index is 12.4. The summed E-state index contributed by atoms with van der Waals surface area (Å²) in [4.78, 5) is 22.9. The second kappa shape index (κ2) is 6.12. The highest BCUT2D eigenvalue weighted by Crippen LogP contribution is 2.30. The van der Waals surface area contributed by atoms with Gasteiger partial charge in [-0.05, 0) is 24.3 Å². The van der Waals surface area contributed by atoms with Crippen LogP contribution in [0.4, 0.5) is 14.5 Å². The minimum atomic E-state index is -4.31. The van der Waals surface area contributed by atoms with Gasteiger partial charge in [-0.3, -0.25) is 9.59 Å². The summed E-state index contributed by atoms with van der Waals surface area (Å²) < 4.78 is 56.4. The minimum absolute atomic E-state index is 0.133. The number of fused-ring (bicyclic) bond motifs is 1. The third-order valence-corrected chi connectivity index (χ3v) is 4.49. The predicted molar refractivity (Wildman–Crippen MR) is 78.7 cm³/mol. The summed E-state index contributed by atoms with van der Waals surface area (Å²) in [5, 5.41) is 5.71. The summed E-state index contributed by atoms with van der Waals surface area (Å²) in [6, 6.07) is 4.56. The molecule has 1 aliphatic heterocycles. The smallest absolute Gasteiger partial charge is 0.333 e. The third kappa shape index (κ3) is 3.42. The number of carbonyl (C=O) groups excluding carboxylic acids is 2. The molecule has 3 rings (SSSR count). The van der Waals surface area contributed by atoms with E-state index in [1.165, 1.54) is 12.1 Å². The molecule has 0 saturated carbocycles. The van der Waals surface area contributed by atoms with E-state index in [0.717, 1.165) is 18.3 Å². The van der Waals surface area contributed by atoms with E-state index in [2.05, 4.69) is 10.4 Å². The lowest BCUT2D eigenvalue weighted by molar-refractivity contribution is -0.118. The summed E-state index contributed by atoms with van der Waals surface area (Å²) >= 11 is 0. The zero-order valence-corrected chi connectivity index (χ0v) is 13.1. The number of ether oxygens (including phenoxy) is 1. The maximum atomic E-state index is 12.4. The van der Waals surface area contributed by atoms with Gasteiger partial charge in [0.1, 0.15) is 5.75 Å². The Morgan fingerprint density at radius 3 is 2.80 bits per heavy atom. The topological polar surface area (TPSA) is 119 Å². The van der Waals surface area contributed by atoms with Crippen molar-refractivity contribution in [2.75, 3.05) is 11.9 Å². The third-order valence-electron chi connectivity index (χ3n) is 3.16. The molecule has 1 aromatic heterocycles. The number of carbonyl (C=O) groups is 2. The van der Waals surface area contributed by atoms with Gasteiger partial charge >= 0.3 is 6.55 Å². The van der Waals surface area contributed by atoms with Crippen LogP contribution in [0.5, 0.6) is 5.75 Å². The van der Waals surface area contributed by atoms with E-state index in [1.807, 2.05) is 0 Å². The van der Waals surface area contributed by atoms with Gasteiger partial charge in [-0.15, -0.1) is 0 Å². The number of halogens is 2. The standard InChI is InChI=1S/C13H10F2N4O5S/c14-13(15)19-4-3-8(17-19)12(21)18-25(22,23)7-1-2-10-9(5-7)16-11(20)6-24-10/h1-5,13H,6H2,(H,16,20)(H,18,21). The van der Waals surface area contributed by atoms with Crippen LogP contribution in [0.2, 0.25) is 0 Å². The minimum Gasteiger partial charge on any atom is -0.482 e. The molecule has 2 aromatic rings. The van der Waals surface area contributed by atoms with Crippen LogP contribution in [0.15, 0.2) is 35.4 Å². The molecule has 0 spiro atoms. The van der Waals surface area contributed by atoms with Crippen LogP contribution in [0.25, 0.3) is 0 Å². The van der Waals surface area contributed by atoms with Gasteiger partial charge in [0.15, 0.2) is 12.3 Å². The van der Waals surface area contributed by atoms with Crippen molar-refractivity contribution in [3.63, 3.8) is 0 Å². The molecule has 0 atom stereocenters. The largest absolute Gasteiger partial charge is 0.482 e. The summed E-state index contributed by atoms with van der Waals surface area (Å²) in [7, 11) is -4.31. The number of anilines is 1. The van der Waals surface area contributed by atoms with Crippen LogP contribution in [0.1, 0.15) is 17.0 Å². The highest BCUT2D eigenvalue weighted by Gasteiger charge is 2.24. The van der Waals surface area contributed by atoms with Gasteiger partial charge in [0, 0.05) is 6.20 Å². The van der Waals surface area contributed by atoms with Gasteiger partial charge in [-0.1, -0.05) is 0 Å². The SMILES string of the molecule is O=C1COc2ccc(S(=O)(=O)NC(=O)c3ccn(C(F)F)n3)cc2N1. The lowest BCUT2D eigenvalue weighted by Gasteiger charge is -2.18. The molecule has 2 amide bonds. The average molecular weight is 372 g/mol. The molecule has 0 saturated heterocycles. The van der Waals surface area contributed by atoms with E-state index in [-0.39, 0.29) is 27.6 Å². The van der Waals surface area contributed by atoms with Crippen molar-refractivity contribution in [3.05, 3.63) is 36.2 Å². The molecular formula is C13H10F2N4O5S. The number of hydrogen-bond acceptors (Lipinski definition) is 6. The highest BCUT2D eigenvalue weighted by atomic mass is 32.2. The van der Waals surface area contributed by atoms with Gasteiger partial charge in [-0.2, -0.15) is 13.9 Å². The molecule has 0 radical (unpaired) electrons. The molecule has 2 N–H and O–H groups in total. The fraction of sp³-hybridized carbons (Fsp3) is 0.154. The molecule has 0 bridgehead atoms. The fourth-order valence-electron chi connectivity index (χ4n) is 2.03. The van der Waals surface area contributed by atoms with E-state index in [0.29, 0.717) is 0 Å². The van der Waals surface area contributed by atoms with Crippen LogP contribution in [-0.2, 0) is 14.8 Å². The van der Waals surface area contributed by atoms with E-state index in [9.17, 15) is 26.8 Å². The highest BCUT2D eigenvalue weighted by molar-refractivity contribution is 7.90. The summed E-state index contributed by atoms with van der Waals surface area (Å²) in [5.74, 6) is -1.35. The monoisotopic (exact) mass is 372 g/mol. The first kappa shape index (κ1) is 16.8. The van der Waals surface area contributed by atoms with E-state index in [1.54, 1.807) is 4.72 Å². The molecule has 132 valence electrons. The van der Waals surface area contributed by atoms with Crippen molar-refractivity contribution in [2.45, 2.75) is 11.4 Å². The first-order valence-corrected chi connectivity index (χ1v) is 8.22. The quantitative estimate of drug-likeness (QED) is 0.817. The molecule has 0 fully saturated rings. The first-order valence-electron chi connectivity index (χ1n) is 6.73. The van der Waals surface area contributed by atoms with Gasteiger partial charge in [-0.25, -0.2) is 17.8 Å². The molecule has 25 heavy (non-hydrogen) atoms. The molecule has 0 aliphatic carbocycles. The summed E-state index contributed by atoms with van der Waals surface area (Å²) in [5.41, 5.74) is -0.355. The number of rotatable bonds is 4. The van der Waals surface area contributed by atoms with E-state index >= 15 is 0 Å². The fourth-order valence-corrected chi connectivity index (χ4v) is 3.02. The van der Waals surface area contributed by atoms with Crippen molar-refractivity contribution in [1.82, 2.24) is 14.5 Å². The Kier molecular flexibility index (Phi) is 4.12. The van der Waals surface area contributed by atoms with Gasteiger partial charge in [0.2, 0.25) is 0 Å². The summed E-state index contributed by atoms with van der Waals surface area (Å²) in [6.45, 7) is -3.15. The summed E-state index contributed by atoms with van der Waals surface area (Å²) in [6.07, 6.45) is 0.845. The predicted octanol–water partition coefficient (Wildman–Crippen LogP) is 0.728. The van der Waals surface area contributed by atoms with Gasteiger partial charge < -0.3 is 10.1 Å². The second-order valence-corrected chi connectivity index (χ2v) is 6.57.